The number of hydrogen-bond acceptors (Lipinski definition) is 4. The smallest absolute Gasteiger partial charge is 0.216 e. The van der Waals surface area contributed by atoms with Gasteiger partial charge in [0.15, 0.2) is 0 Å². The van der Waals surface area contributed by atoms with Crippen LogP contribution in [0.1, 0.15) is 11.1 Å². The summed E-state index contributed by atoms with van der Waals surface area (Å²) in [5.74, 6) is 1.42. The molecule has 0 aliphatic carbocycles. The summed E-state index contributed by atoms with van der Waals surface area (Å²) in [6.45, 7) is 2.37. The number of nitrogens with zero attached hydrogens (tertiary/aromatic N) is 1. The van der Waals surface area contributed by atoms with E-state index in [1.54, 1.807) is 13.3 Å². The van der Waals surface area contributed by atoms with Gasteiger partial charge < -0.3 is 15.2 Å². The summed E-state index contributed by atoms with van der Waals surface area (Å²) < 4.78 is 10.8. The Morgan fingerprint density at radius 3 is 2.83 bits per heavy atom. The molecule has 0 spiro atoms. The van der Waals surface area contributed by atoms with E-state index in [-0.39, 0.29) is 0 Å². The first-order valence-corrected chi connectivity index (χ1v) is 5.67. The molecule has 1 heterocycles. The maximum absolute atomic E-state index is 5.66. The first-order chi connectivity index (χ1) is 8.69. The van der Waals surface area contributed by atoms with Crippen LogP contribution in [0.5, 0.6) is 11.6 Å². The second-order valence-electron chi connectivity index (χ2n) is 4.03. The summed E-state index contributed by atoms with van der Waals surface area (Å²) >= 11 is 0. The van der Waals surface area contributed by atoms with Crippen molar-refractivity contribution < 1.29 is 9.47 Å². The topological polar surface area (TPSA) is 57.4 Å². The van der Waals surface area contributed by atoms with E-state index in [9.17, 15) is 0 Å². The van der Waals surface area contributed by atoms with Gasteiger partial charge in [-0.2, -0.15) is 0 Å². The van der Waals surface area contributed by atoms with Gasteiger partial charge in [0, 0.05) is 5.56 Å². The number of nitrogen functional groups attached to an aromatic ring is 1. The first-order valence-electron chi connectivity index (χ1n) is 5.67. The molecule has 0 saturated carbocycles. The SMILES string of the molecule is COc1cccc(COc2ncc(N)cc2C)c1. The maximum Gasteiger partial charge on any atom is 0.216 e. The fraction of sp³-hybridized carbons (Fsp3) is 0.214. The van der Waals surface area contributed by atoms with Crippen LogP contribution >= 0.6 is 0 Å². The second kappa shape index (κ2) is 5.40. The lowest BCUT2D eigenvalue weighted by atomic mass is 10.2. The molecular formula is C14H16N2O2. The summed E-state index contributed by atoms with van der Waals surface area (Å²) in [5.41, 5.74) is 8.24. The molecule has 4 nitrogen and oxygen atoms in total. The van der Waals surface area contributed by atoms with E-state index in [0.29, 0.717) is 18.2 Å². The van der Waals surface area contributed by atoms with Crippen LogP contribution in [-0.4, -0.2) is 12.1 Å². The third-order valence-electron chi connectivity index (χ3n) is 2.56. The Morgan fingerprint density at radius 1 is 1.28 bits per heavy atom. The number of anilines is 1. The lowest BCUT2D eigenvalue weighted by molar-refractivity contribution is 0.291. The highest BCUT2D eigenvalue weighted by molar-refractivity contribution is 5.41. The molecule has 18 heavy (non-hydrogen) atoms. The van der Waals surface area contributed by atoms with Crippen molar-refractivity contribution in [2.24, 2.45) is 0 Å². The van der Waals surface area contributed by atoms with E-state index in [0.717, 1.165) is 16.9 Å². The van der Waals surface area contributed by atoms with Crippen molar-refractivity contribution in [2.45, 2.75) is 13.5 Å². The molecule has 0 aliphatic rings. The number of aryl methyl sites for hydroxylation is 1. The maximum atomic E-state index is 5.66. The van der Waals surface area contributed by atoms with Gasteiger partial charge in [-0.05, 0) is 30.7 Å². The quantitative estimate of drug-likeness (QED) is 0.898. The minimum absolute atomic E-state index is 0.453. The van der Waals surface area contributed by atoms with Crippen LogP contribution in [0.2, 0.25) is 0 Å². The fourth-order valence-corrected chi connectivity index (χ4v) is 1.65. The van der Waals surface area contributed by atoms with Crippen LogP contribution in [0.3, 0.4) is 0 Å². The Kier molecular flexibility index (Phi) is 3.67. The highest BCUT2D eigenvalue weighted by atomic mass is 16.5. The summed E-state index contributed by atoms with van der Waals surface area (Å²) in [7, 11) is 1.64. The largest absolute Gasteiger partial charge is 0.497 e. The molecule has 2 rings (SSSR count). The third-order valence-corrected chi connectivity index (χ3v) is 2.56. The van der Waals surface area contributed by atoms with Gasteiger partial charge >= 0.3 is 0 Å². The average molecular weight is 244 g/mol. The Balaban J connectivity index is 2.06. The van der Waals surface area contributed by atoms with Crippen molar-refractivity contribution in [3.05, 3.63) is 47.7 Å². The molecule has 0 atom stereocenters. The number of ether oxygens (including phenoxy) is 2. The molecule has 94 valence electrons. The minimum atomic E-state index is 0.453. The van der Waals surface area contributed by atoms with Crippen LogP contribution in [0, 0.1) is 6.92 Å². The molecule has 0 aliphatic heterocycles. The van der Waals surface area contributed by atoms with Crippen molar-refractivity contribution in [3.63, 3.8) is 0 Å². The van der Waals surface area contributed by atoms with E-state index in [2.05, 4.69) is 4.98 Å². The zero-order chi connectivity index (χ0) is 13.0. The molecule has 0 radical (unpaired) electrons. The lowest BCUT2D eigenvalue weighted by Gasteiger charge is -2.09. The molecule has 2 N–H and O–H groups in total. The van der Waals surface area contributed by atoms with Gasteiger partial charge in [0.25, 0.3) is 0 Å². The summed E-state index contributed by atoms with van der Waals surface area (Å²) in [5, 5.41) is 0. The van der Waals surface area contributed by atoms with Gasteiger partial charge in [-0.1, -0.05) is 12.1 Å². The van der Waals surface area contributed by atoms with Crippen molar-refractivity contribution in [3.8, 4) is 11.6 Å². The lowest BCUT2D eigenvalue weighted by Crippen LogP contribution is -2.00. The van der Waals surface area contributed by atoms with Crippen LogP contribution < -0.4 is 15.2 Å². The average Bonchev–Trinajstić information content (AvgIpc) is 2.38. The number of hydrogen-bond donors (Lipinski definition) is 1. The van der Waals surface area contributed by atoms with E-state index in [1.807, 2.05) is 37.3 Å². The fourth-order valence-electron chi connectivity index (χ4n) is 1.65. The van der Waals surface area contributed by atoms with Gasteiger partial charge in [-0.3, -0.25) is 0 Å². The van der Waals surface area contributed by atoms with Crippen LogP contribution in [0.4, 0.5) is 5.69 Å². The number of aromatic nitrogens is 1. The van der Waals surface area contributed by atoms with Crippen molar-refractivity contribution >= 4 is 5.69 Å². The Hall–Kier alpha value is -2.23. The van der Waals surface area contributed by atoms with Gasteiger partial charge in [-0.15, -0.1) is 0 Å². The third kappa shape index (κ3) is 2.91. The molecule has 2 aromatic rings. The number of rotatable bonds is 4. The summed E-state index contributed by atoms with van der Waals surface area (Å²) in [6, 6.07) is 9.59. The van der Waals surface area contributed by atoms with Gasteiger partial charge in [0.2, 0.25) is 5.88 Å². The first kappa shape index (κ1) is 12.2. The Bertz CT molecular complexity index is 541. The minimum Gasteiger partial charge on any atom is -0.497 e. The van der Waals surface area contributed by atoms with E-state index in [4.69, 9.17) is 15.2 Å². The van der Waals surface area contributed by atoms with E-state index < -0.39 is 0 Å². The Morgan fingerprint density at radius 2 is 2.11 bits per heavy atom. The highest BCUT2D eigenvalue weighted by Crippen LogP contribution is 2.19. The van der Waals surface area contributed by atoms with Crippen LogP contribution in [0.15, 0.2) is 36.5 Å². The van der Waals surface area contributed by atoms with Crippen LogP contribution in [-0.2, 0) is 6.61 Å². The van der Waals surface area contributed by atoms with Crippen molar-refractivity contribution in [2.75, 3.05) is 12.8 Å². The molecule has 0 fully saturated rings. The van der Waals surface area contributed by atoms with Crippen LogP contribution in [0.25, 0.3) is 0 Å². The monoisotopic (exact) mass is 244 g/mol. The predicted molar refractivity (Wildman–Crippen MR) is 70.7 cm³/mol. The molecule has 0 saturated heterocycles. The molecule has 1 aromatic carbocycles. The molecule has 0 bridgehead atoms. The van der Waals surface area contributed by atoms with E-state index >= 15 is 0 Å². The molecule has 0 unspecified atom stereocenters. The standard InChI is InChI=1S/C14H16N2O2/c1-10-6-12(15)8-16-14(10)18-9-11-4-3-5-13(7-11)17-2/h3-8H,9,15H2,1-2H3. The van der Waals surface area contributed by atoms with Crippen molar-refractivity contribution in [1.29, 1.82) is 0 Å². The zero-order valence-electron chi connectivity index (χ0n) is 10.5. The van der Waals surface area contributed by atoms with Gasteiger partial charge in [-0.25, -0.2) is 4.98 Å². The predicted octanol–water partition coefficient (Wildman–Crippen LogP) is 2.56. The van der Waals surface area contributed by atoms with Crippen molar-refractivity contribution in [1.82, 2.24) is 4.98 Å². The Labute approximate surface area is 106 Å². The van der Waals surface area contributed by atoms with Gasteiger partial charge in [0.05, 0.1) is 19.0 Å². The molecule has 4 heteroatoms. The number of methoxy groups -OCH3 is 1. The summed E-state index contributed by atoms with van der Waals surface area (Å²) in [4.78, 5) is 4.16. The number of benzene rings is 1. The highest BCUT2D eigenvalue weighted by Gasteiger charge is 2.03. The second-order valence-corrected chi connectivity index (χ2v) is 4.03. The summed E-state index contributed by atoms with van der Waals surface area (Å²) in [6.07, 6.45) is 1.59. The molecule has 1 aromatic heterocycles. The van der Waals surface area contributed by atoms with Gasteiger partial charge in [0.1, 0.15) is 12.4 Å². The molecule has 0 amide bonds. The normalized spacial score (nSPS) is 10.1. The molecular weight excluding hydrogens is 228 g/mol. The number of nitrogens with two attached hydrogens (primary N) is 1. The zero-order valence-corrected chi connectivity index (χ0v) is 10.5. The van der Waals surface area contributed by atoms with E-state index in [1.165, 1.54) is 0 Å². The number of pyridine rings is 1.